The average Bonchev–Trinajstić information content (AvgIpc) is 3.21. The van der Waals surface area contributed by atoms with Crippen molar-refractivity contribution in [3.8, 4) is 0 Å². The highest BCUT2D eigenvalue weighted by Crippen LogP contribution is 2.26. The third kappa shape index (κ3) is 3.47. The summed E-state index contributed by atoms with van der Waals surface area (Å²) < 4.78 is 5.23. The number of fused-ring (bicyclic) bond motifs is 1. The van der Waals surface area contributed by atoms with E-state index in [0.717, 1.165) is 9.80 Å². The lowest BCUT2D eigenvalue weighted by Crippen LogP contribution is -2.49. The van der Waals surface area contributed by atoms with Crippen molar-refractivity contribution in [3.63, 3.8) is 0 Å². The molecule has 2 heterocycles. The van der Waals surface area contributed by atoms with Gasteiger partial charge in [-0.05, 0) is 25.3 Å². The lowest BCUT2D eigenvalue weighted by atomic mass is 10.1. The number of amides is 5. The summed E-state index contributed by atoms with van der Waals surface area (Å²) in [6, 6.07) is 4.60. The molecule has 10 heteroatoms. The Bertz CT molecular complexity index is 822. The van der Waals surface area contributed by atoms with Crippen LogP contribution in [-0.2, 0) is 14.3 Å². The van der Waals surface area contributed by atoms with Gasteiger partial charge in [0.05, 0.1) is 11.1 Å². The summed E-state index contributed by atoms with van der Waals surface area (Å²) >= 11 is 1.26. The van der Waals surface area contributed by atoms with Gasteiger partial charge in [-0.15, -0.1) is 0 Å². The normalized spacial score (nSPS) is 18.0. The van der Waals surface area contributed by atoms with Gasteiger partial charge in [0.1, 0.15) is 6.04 Å². The predicted molar refractivity (Wildman–Crippen MR) is 99.8 cm³/mol. The third-order valence-corrected chi connectivity index (χ3v) is 5.15. The maximum atomic E-state index is 12.7. The van der Waals surface area contributed by atoms with Crippen molar-refractivity contribution in [2.75, 3.05) is 25.1 Å². The quantitative estimate of drug-likeness (QED) is 0.541. The van der Waals surface area contributed by atoms with Crippen molar-refractivity contribution < 1.29 is 28.7 Å². The second kappa shape index (κ2) is 8.01. The lowest BCUT2D eigenvalue weighted by molar-refractivity contribution is -0.160. The summed E-state index contributed by atoms with van der Waals surface area (Å²) in [6.07, 6.45) is 0.498. The van der Waals surface area contributed by atoms with Crippen LogP contribution in [0.4, 0.5) is 4.79 Å². The van der Waals surface area contributed by atoms with Crippen molar-refractivity contribution in [2.45, 2.75) is 19.1 Å². The van der Waals surface area contributed by atoms with E-state index in [1.807, 2.05) is 0 Å². The van der Waals surface area contributed by atoms with E-state index in [-0.39, 0.29) is 23.4 Å². The molecule has 0 spiro atoms. The van der Waals surface area contributed by atoms with Gasteiger partial charge >= 0.3 is 12.0 Å². The van der Waals surface area contributed by atoms with E-state index < -0.39 is 41.9 Å². The maximum absolute atomic E-state index is 12.7. The Labute approximate surface area is 165 Å². The van der Waals surface area contributed by atoms with Crippen LogP contribution in [0.2, 0.25) is 0 Å². The molecule has 1 aromatic carbocycles. The topological polar surface area (TPSA) is 113 Å². The fraction of sp³-hybridized carbons (Fsp3) is 0.389. The third-order valence-electron chi connectivity index (χ3n) is 4.50. The molecule has 2 aliphatic heterocycles. The van der Waals surface area contributed by atoms with Gasteiger partial charge in [0.15, 0.2) is 6.10 Å². The molecule has 148 valence electrons. The van der Waals surface area contributed by atoms with Crippen molar-refractivity contribution in [3.05, 3.63) is 35.4 Å². The number of hydrogen-bond acceptors (Lipinski definition) is 7. The monoisotopic (exact) mass is 405 g/mol. The predicted octanol–water partition coefficient (Wildman–Crippen LogP) is 0.498. The Balaban J connectivity index is 1.76. The minimum absolute atomic E-state index is 0.120. The number of nitrogens with zero attached hydrogens (tertiary/aromatic N) is 2. The molecule has 0 unspecified atom stereocenters. The molecule has 0 bridgehead atoms. The Hall–Kier alpha value is -2.88. The maximum Gasteiger partial charge on any atom is 0.331 e. The molecule has 0 saturated carbocycles. The highest BCUT2D eigenvalue weighted by molar-refractivity contribution is 7.98. The van der Waals surface area contributed by atoms with Crippen molar-refractivity contribution >= 4 is 41.5 Å². The van der Waals surface area contributed by atoms with Crippen LogP contribution >= 0.6 is 11.8 Å². The van der Waals surface area contributed by atoms with E-state index in [1.165, 1.54) is 30.8 Å². The summed E-state index contributed by atoms with van der Waals surface area (Å²) in [7, 11) is 0. The first kappa shape index (κ1) is 19.9. The number of esters is 1. The first-order valence-electron chi connectivity index (χ1n) is 8.62. The van der Waals surface area contributed by atoms with Gasteiger partial charge in [-0.2, -0.15) is 11.8 Å². The first-order chi connectivity index (χ1) is 13.4. The summed E-state index contributed by atoms with van der Waals surface area (Å²) in [6.45, 7) is 1.87. The summed E-state index contributed by atoms with van der Waals surface area (Å²) in [4.78, 5) is 63.8. The van der Waals surface area contributed by atoms with Gasteiger partial charge in [-0.3, -0.25) is 24.2 Å². The number of benzene rings is 1. The van der Waals surface area contributed by atoms with Gasteiger partial charge in [-0.1, -0.05) is 12.1 Å². The number of carbonyl (C=O) groups excluding carboxylic acids is 5. The van der Waals surface area contributed by atoms with Gasteiger partial charge in [0, 0.05) is 18.8 Å². The molecule has 0 aromatic heterocycles. The van der Waals surface area contributed by atoms with Crippen molar-refractivity contribution in [1.82, 2.24) is 15.1 Å². The van der Waals surface area contributed by atoms with Crippen LogP contribution in [0, 0.1) is 0 Å². The largest absolute Gasteiger partial charge is 0.451 e. The van der Waals surface area contributed by atoms with Crippen LogP contribution in [0.15, 0.2) is 24.3 Å². The van der Waals surface area contributed by atoms with E-state index in [4.69, 9.17) is 4.74 Å². The molecular weight excluding hydrogens is 386 g/mol. The van der Waals surface area contributed by atoms with E-state index in [2.05, 4.69) is 5.32 Å². The van der Waals surface area contributed by atoms with Crippen LogP contribution in [0.3, 0.4) is 0 Å². The number of imide groups is 2. The summed E-state index contributed by atoms with van der Waals surface area (Å²) in [5.41, 5.74) is 0.452. The van der Waals surface area contributed by atoms with Crippen LogP contribution < -0.4 is 5.32 Å². The zero-order valence-corrected chi connectivity index (χ0v) is 16.2. The second-order valence-electron chi connectivity index (χ2n) is 6.30. The Kier molecular flexibility index (Phi) is 5.68. The van der Waals surface area contributed by atoms with E-state index in [1.54, 1.807) is 18.4 Å². The van der Waals surface area contributed by atoms with E-state index in [9.17, 15) is 24.0 Å². The Morgan fingerprint density at radius 1 is 1.18 bits per heavy atom. The minimum atomic E-state index is -1.23. The molecule has 0 aliphatic carbocycles. The number of hydrogen-bond donors (Lipinski definition) is 1. The van der Waals surface area contributed by atoms with Crippen LogP contribution in [0.25, 0.3) is 0 Å². The molecule has 2 aliphatic rings. The second-order valence-corrected chi connectivity index (χ2v) is 7.21. The highest BCUT2D eigenvalue weighted by atomic mass is 32.2. The molecule has 9 nitrogen and oxygen atoms in total. The van der Waals surface area contributed by atoms with E-state index >= 15 is 0 Å². The molecule has 3 rings (SSSR count). The fourth-order valence-corrected chi connectivity index (χ4v) is 3.70. The lowest BCUT2D eigenvalue weighted by Gasteiger charge is -2.26. The Morgan fingerprint density at radius 3 is 2.29 bits per heavy atom. The summed E-state index contributed by atoms with van der Waals surface area (Å²) in [5.74, 6) is -2.56. The van der Waals surface area contributed by atoms with Crippen LogP contribution in [-0.4, -0.2) is 76.8 Å². The number of carbonyl (C=O) groups is 5. The SMILES string of the molecule is CSC[C@H](C(=O)O[C@@H](C)C(=O)N1CCNC1=O)N1C(=O)c2ccccc2C1=O. The summed E-state index contributed by atoms with van der Waals surface area (Å²) in [5, 5.41) is 2.49. The van der Waals surface area contributed by atoms with Gasteiger partial charge in [0.25, 0.3) is 17.7 Å². The minimum Gasteiger partial charge on any atom is -0.451 e. The zero-order chi connectivity index (χ0) is 20.4. The smallest absolute Gasteiger partial charge is 0.331 e. The van der Waals surface area contributed by atoms with Crippen molar-refractivity contribution in [2.24, 2.45) is 0 Å². The van der Waals surface area contributed by atoms with Crippen LogP contribution in [0.5, 0.6) is 0 Å². The molecule has 1 fully saturated rings. The molecular formula is C18H19N3O6S. The van der Waals surface area contributed by atoms with E-state index in [0.29, 0.717) is 6.54 Å². The molecule has 1 aromatic rings. The number of ether oxygens (including phenoxy) is 1. The van der Waals surface area contributed by atoms with Gasteiger partial charge in [0.2, 0.25) is 0 Å². The number of nitrogens with one attached hydrogen (secondary N) is 1. The molecule has 5 amide bonds. The standard InChI is InChI=1S/C18H19N3O6S/c1-10(14(22)20-8-7-19-18(20)26)27-17(25)13(9-28-2)21-15(23)11-5-3-4-6-12(11)16(21)24/h3-6,10,13H,7-9H2,1-2H3,(H,19,26)/t10-,13+/m0/s1. The highest BCUT2D eigenvalue weighted by Gasteiger charge is 2.44. The fourth-order valence-electron chi connectivity index (χ4n) is 3.10. The van der Waals surface area contributed by atoms with Crippen molar-refractivity contribution in [1.29, 1.82) is 0 Å². The molecule has 0 radical (unpaired) electrons. The average molecular weight is 405 g/mol. The van der Waals surface area contributed by atoms with Gasteiger partial charge in [-0.25, -0.2) is 9.59 Å². The number of thioether (sulfide) groups is 1. The molecule has 28 heavy (non-hydrogen) atoms. The number of urea groups is 1. The zero-order valence-electron chi connectivity index (χ0n) is 15.3. The van der Waals surface area contributed by atoms with Crippen LogP contribution in [0.1, 0.15) is 27.6 Å². The Morgan fingerprint density at radius 2 is 1.79 bits per heavy atom. The number of rotatable bonds is 6. The molecule has 1 N–H and O–H groups in total. The first-order valence-corrected chi connectivity index (χ1v) is 10.0. The molecule has 1 saturated heterocycles. The van der Waals surface area contributed by atoms with Gasteiger partial charge < -0.3 is 10.1 Å². The molecule has 2 atom stereocenters.